The largest absolute Gasteiger partial charge is 0.383 e. The van der Waals surface area contributed by atoms with Gasteiger partial charge in [-0.15, -0.1) is 11.3 Å². The minimum atomic E-state index is -0.488. The fourth-order valence-corrected chi connectivity index (χ4v) is 3.11. The summed E-state index contributed by atoms with van der Waals surface area (Å²) >= 11 is 1.68. The lowest BCUT2D eigenvalue weighted by atomic mass is 10.0. The summed E-state index contributed by atoms with van der Waals surface area (Å²) in [5.41, 5.74) is 3.58. The van der Waals surface area contributed by atoms with Crippen LogP contribution in [0.1, 0.15) is 45.9 Å². The second-order valence-electron chi connectivity index (χ2n) is 4.78. The van der Waals surface area contributed by atoms with Crippen LogP contribution in [0.25, 0.3) is 0 Å². The van der Waals surface area contributed by atoms with Crippen LogP contribution in [0.15, 0.2) is 30.3 Å². The van der Waals surface area contributed by atoms with Gasteiger partial charge in [-0.1, -0.05) is 37.6 Å². The highest BCUT2D eigenvalue weighted by Gasteiger charge is 2.13. The van der Waals surface area contributed by atoms with E-state index in [4.69, 9.17) is 0 Å². The van der Waals surface area contributed by atoms with Crippen molar-refractivity contribution in [3.8, 4) is 0 Å². The number of aryl methyl sites for hydroxylation is 3. The highest BCUT2D eigenvalue weighted by Crippen LogP contribution is 2.30. The molecule has 0 aliphatic carbocycles. The quantitative estimate of drug-likeness (QED) is 0.864. The van der Waals surface area contributed by atoms with Crippen LogP contribution in [0, 0.1) is 13.8 Å². The lowest BCUT2D eigenvalue weighted by molar-refractivity contribution is 0.224. The number of thiophene rings is 1. The Bertz CT molecular complexity index is 491. The molecule has 0 saturated carbocycles. The van der Waals surface area contributed by atoms with Gasteiger partial charge in [0.25, 0.3) is 0 Å². The van der Waals surface area contributed by atoms with Gasteiger partial charge in [-0.3, -0.25) is 0 Å². The van der Waals surface area contributed by atoms with Crippen LogP contribution in [0.2, 0.25) is 0 Å². The van der Waals surface area contributed by atoms with Crippen LogP contribution in [0.3, 0.4) is 0 Å². The average Bonchev–Trinajstić information content (AvgIpc) is 2.70. The Morgan fingerprint density at radius 3 is 2.33 bits per heavy atom. The Hall–Kier alpha value is -1.12. The number of aliphatic hydroxyl groups is 1. The van der Waals surface area contributed by atoms with Gasteiger partial charge in [0.15, 0.2) is 0 Å². The molecule has 1 unspecified atom stereocenters. The molecule has 0 fully saturated rings. The van der Waals surface area contributed by atoms with E-state index in [1.54, 1.807) is 11.3 Å². The topological polar surface area (TPSA) is 20.2 Å². The summed E-state index contributed by atoms with van der Waals surface area (Å²) in [6.07, 6.45) is 1.77. The molecule has 0 spiro atoms. The van der Waals surface area contributed by atoms with Crippen molar-refractivity contribution in [2.75, 3.05) is 0 Å². The molecule has 1 aromatic carbocycles. The van der Waals surface area contributed by atoms with Crippen molar-refractivity contribution in [1.29, 1.82) is 0 Å². The maximum absolute atomic E-state index is 10.4. The highest BCUT2D eigenvalue weighted by atomic mass is 32.1. The summed E-state index contributed by atoms with van der Waals surface area (Å²) in [7, 11) is 0. The molecule has 0 aliphatic rings. The van der Waals surface area contributed by atoms with E-state index in [1.165, 1.54) is 16.0 Å². The Morgan fingerprint density at radius 2 is 1.83 bits per heavy atom. The normalized spacial score (nSPS) is 12.7. The molecule has 2 aromatic rings. The molecule has 1 aromatic heterocycles. The molecule has 1 N–H and O–H groups in total. The van der Waals surface area contributed by atoms with Gasteiger partial charge in [0.1, 0.15) is 6.10 Å². The van der Waals surface area contributed by atoms with E-state index in [1.807, 2.05) is 12.1 Å². The molecule has 0 saturated heterocycles. The lowest BCUT2D eigenvalue weighted by Crippen LogP contribution is -1.97. The van der Waals surface area contributed by atoms with E-state index in [2.05, 4.69) is 39.0 Å². The van der Waals surface area contributed by atoms with Gasteiger partial charge >= 0.3 is 0 Å². The molecule has 0 aliphatic heterocycles. The van der Waals surface area contributed by atoms with Gasteiger partial charge in [-0.05, 0) is 43.0 Å². The van der Waals surface area contributed by atoms with E-state index in [0.29, 0.717) is 0 Å². The summed E-state index contributed by atoms with van der Waals surface area (Å²) in [4.78, 5) is 2.32. The molecule has 0 amide bonds. The Kier molecular flexibility index (Phi) is 4.20. The first-order valence-electron chi connectivity index (χ1n) is 6.45. The minimum absolute atomic E-state index is 0.488. The molecule has 2 heteroatoms. The summed E-state index contributed by atoms with van der Waals surface area (Å²) < 4.78 is 0. The second kappa shape index (κ2) is 5.68. The molecular formula is C16H20OS. The van der Waals surface area contributed by atoms with Gasteiger partial charge in [0, 0.05) is 9.75 Å². The SMILES string of the molecule is CCCc1ccc(C(O)c2cc(C)c(C)s2)cc1. The Morgan fingerprint density at radius 1 is 1.17 bits per heavy atom. The Balaban J connectivity index is 2.20. The molecule has 0 radical (unpaired) electrons. The smallest absolute Gasteiger partial charge is 0.113 e. The number of benzene rings is 1. The van der Waals surface area contributed by atoms with Gasteiger partial charge in [0.05, 0.1) is 0 Å². The zero-order valence-electron chi connectivity index (χ0n) is 11.2. The fourth-order valence-electron chi connectivity index (χ4n) is 2.06. The third-order valence-corrected chi connectivity index (χ3v) is 4.49. The lowest BCUT2D eigenvalue weighted by Gasteiger charge is -2.09. The maximum Gasteiger partial charge on any atom is 0.113 e. The highest BCUT2D eigenvalue weighted by molar-refractivity contribution is 7.12. The maximum atomic E-state index is 10.4. The zero-order chi connectivity index (χ0) is 13.1. The first kappa shape index (κ1) is 13.3. The molecule has 96 valence electrons. The molecule has 0 bridgehead atoms. The first-order valence-corrected chi connectivity index (χ1v) is 7.27. The average molecular weight is 260 g/mol. The van der Waals surface area contributed by atoms with E-state index >= 15 is 0 Å². The molecule has 2 rings (SSSR count). The summed E-state index contributed by atoms with van der Waals surface area (Å²) in [6, 6.07) is 10.4. The van der Waals surface area contributed by atoms with Crippen LogP contribution in [-0.2, 0) is 6.42 Å². The summed E-state index contributed by atoms with van der Waals surface area (Å²) in [5, 5.41) is 10.4. The van der Waals surface area contributed by atoms with Gasteiger partial charge < -0.3 is 5.11 Å². The first-order chi connectivity index (χ1) is 8.61. The second-order valence-corrected chi connectivity index (χ2v) is 6.07. The predicted octanol–water partition coefficient (Wildman–Crippen LogP) is 4.40. The monoisotopic (exact) mass is 260 g/mol. The third-order valence-electron chi connectivity index (χ3n) is 3.29. The standard InChI is InChI=1S/C16H20OS/c1-4-5-13-6-8-14(9-7-13)16(17)15-10-11(2)12(3)18-15/h6-10,16-17H,4-5H2,1-3H3. The minimum Gasteiger partial charge on any atom is -0.383 e. The number of rotatable bonds is 4. The number of hydrogen-bond donors (Lipinski definition) is 1. The fraction of sp³-hybridized carbons (Fsp3) is 0.375. The van der Waals surface area contributed by atoms with Crippen LogP contribution < -0.4 is 0 Å². The van der Waals surface area contributed by atoms with Crippen LogP contribution in [0.5, 0.6) is 0 Å². The van der Waals surface area contributed by atoms with Crippen LogP contribution >= 0.6 is 11.3 Å². The Labute approximate surface area is 113 Å². The van der Waals surface area contributed by atoms with Gasteiger partial charge in [0.2, 0.25) is 0 Å². The third kappa shape index (κ3) is 2.82. The van der Waals surface area contributed by atoms with E-state index in [-0.39, 0.29) is 0 Å². The number of aliphatic hydroxyl groups excluding tert-OH is 1. The zero-order valence-corrected chi connectivity index (χ0v) is 12.1. The van der Waals surface area contributed by atoms with E-state index in [9.17, 15) is 5.11 Å². The van der Waals surface area contributed by atoms with Gasteiger partial charge in [-0.25, -0.2) is 0 Å². The van der Waals surface area contributed by atoms with E-state index < -0.39 is 6.10 Å². The predicted molar refractivity (Wildman–Crippen MR) is 78.3 cm³/mol. The van der Waals surface area contributed by atoms with Crippen LogP contribution in [0.4, 0.5) is 0 Å². The van der Waals surface area contributed by atoms with Gasteiger partial charge in [-0.2, -0.15) is 0 Å². The molecule has 1 atom stereocenters. The van der Waals surface area contributed by atoms with Crippen molar-refractivity contribution in [3.63, 3.8) is 0 Å². The van der Waals surface area contributed by atoms with Crippen molar-refractivity contribution in [3.05, 3.63) is 56.8 Å². The van der Waals surface area contributed by atoms with Crippen molar-refractivity contribution in [2.45, 2.75) is 39.7 Å². The summed E-state index contributed by atoms with van der Waals surface area (Å²) in [5.74, 6) is 0. The van der Waals surface area contributed by atoms with E-state index in [0.717, 1.165) is 23.3 Å². The molecule has 18 heavy (non-hydrogen) atoms. The van der Waals surface area contributed by atoms with Crippen LogP contribution in [-0.4, -0.2) is 5.11 Å². The van der Waals surface area contributed by atoms with Crippen molar-refractivity contribution in [2.24, 2.45) is 0 Å². The molecule has 1 nitrogen and oxygen atoms in total. The molecular weight excluding hydrogens is 240 g/mol. The number of hydrogen-bond acceptors (Lipinski definition) is 2. The van der Waals surface area contributed by atoms with Crippen molar-refractivity contribution < 1.29 is 5.11 Å². The van der Waals surface area contributed by atoms with Crippen molar-refractivity contribution >= 4 is 11.3 Å². The van der Waals surface area contributed by atoms with Crippen molar-refractivity contribution in [1.82, 2.24) is 0 Å². The molecule has 1 heterocycles. The summed E-state index contributed by atoms with van der Waals surface area (Å²) in [6.45, 7) is 6.37.